The lowest BCUT2D eigenvalue weighted by Crippen LogP contribution is -2.49. The largest absolute Gasteiger partial charge is 0.487 e. The molecule has 0 unspecified atom stereocenters. The van der Waals surface area contributed by atoms with E-state index in [-0.39, 0.29) is 5.60 Å². The van der Waals surface area contributed by atoms with E-state index in [1.165, 1.54) is 31.2 Å². The Bertz CT molecular complexity index is 612. The summed E-state index contributed by atoms with van der Waals surface area (Å²) in [6, 6.07) is 8.90. The fraction of sp³-hybridized carbons (Fsp3) is 0.667. The zero-order valence-electron chi connectivity index (χ0n) is 15.1. The van der Waals surface area contributed by atoms with Crippen LogP contribution in [0, 0.1) is 0 Å². The first-order valence-corrected chi connectivity index (χ1v) is 10.0. The van der Waals surface area contributed by atoms with Crippen LogP contribution in [0.15, 0.2) is 24.3 Å². The van der Waals surface area contributed by atoms with Crippen molar-refractivity contribution in [3.63, 3.8) is 0 Å². The maximum absolute atomic E-state index is 11.9. The number of hydrogen-bond acceptors (Lipinski definition) is 3. The molecule has 1 spiro atoms. The number of piperidine rings is 1. The molecule has 2 aliphatic heterocycles. The molecule has 4 nitrogen and oxygen atoms in total. The molecule has 4 rings (SSSR count). The Morgan fingerprint density at radius 2 is 2.04 bits per heavy atom. The van der Waals surface area contributed by atoms with Crippen LogP contribution in [0.3, 0.4) is 0 Å². The summed E-state index contributed by atoms with van der Waals surface area (Å²) < 4.78 is 6.32. The van der Waals surface area contributed by atoms with E-state index in [2.05, 4.69) is 34.5 Å². The molecule has 136 valence electrons. The van der Waals surface area contributed by atoms with Gasteiger partial charge in [0.15, 0.2) is 0 Å². The molecule has 1 saturated heterocycles. The highest BCUT2D eigenvalue weighted by Gasteiger charge is 2.45. The minimum Gasteiger partial charge on any atom is -0.487 e. The molecule has 1 aliphatic carbocycles. The fourth-order valence-corrected chi connectivity index (χ4v) is 4.48. The predicted octanol–water partition coefficient (Wildman–Crippen LogP) is 3.82. The minimum atomic E-state index is 0.0895. The summed E-state index contributed by atoms with van der Waals surface area (Å²) in [6.07, 6.45) is 9.97. The highest BCUT2D eigenvalue weighted by Crippen LogP contribution is 2.48. The average molecular weight is 342 g/mol. The Hall–Kier alpha value is -1.55. The number of rotatable bonds is 6. The van der Waals surface area contributed by atoms with Gasteiger partial charge in [-0.2, -0.15) is 0 Å². The standard InChI is InChI=1S/C21H30N2O2/c24-20-10-3-5-14-23(20)15-6-4-13-22-18-16-21(11-7-12-21)25-19-9-2-1-8-17(18)19/h1-2,8-9,18,22H,3-7,10-16H2/t18-/m1/s1. The fourth-order valence-electron chi connectivity index (χ4n) is 4.48. The van der Waals surface area contributed by atoms with Crippen LogP contribution in [0.1, 0.15) is 69.4 Å². The number of ether oxygens (including phenoxy) is 1. The van der Waals surface area contributed by atoms with Gasteiger partial charge >= 0.3 is 0 Å². The number of unbranched alkanes of at least 4 members (excludes halogenated alkanes) is 1. The second-order valence-electron chi connectivity index (χ2n) is 7.93. The molecule has 1 N–H and O–H groups in total. The molecule has 3 aliphatic rings. The zero-order valence-corrected chi connectivity index (χ0v) is 15.1. The van der Waals surface area contributed by atoms with Crippen LogP contribution < -0.4 is 10.1 Å². The van der Waals surface area contributed by atoms with E-state index in [0.717, 1.165) is 57.5 Å². The molecular weight excluding hydrogens is 312 g/mol. The molecule has 4 heteroatoms. The van der Waals surface area contributed by atoms with Crippen molar-refractivity contribution in [2.24, 2.45) is 0 Å². The van der Waals surface area contributed by atoms with E-state index in [1.54, 1.807) is 0 Å². The lowest BCUT2D eigenvalue weighted by atomic mass is 9.73. The van der Waals surface area contributed by atoms with Crippen LogP contribution in [0.5, 0.6) is 5.75 Å². The van der Waals surface area contributed by atoms with Crippen molar-refractivity contribution in [3.8, 4) is 5.75 Å². The maximum atomic E-state index is 11.9. The molecule has 25 heavy (non-hydrogen) atoms. The van der Waals surface area contributed by atoms with Crippen molar-refractivity contribution in [3.05, 3.63) is 29.8 Å². The molecule has 2 fully saturated rings. The van der Waals surface area contributed by atoms with Gasteiger partial charge in [0, 0.05) is 37.5 Å². The molecule has 1 aromatic rings. The van der Waals surface area contributed by atoms with E-state index < -0.39 is 0 Å². The molecule has 0 bridgehead atoms. The Morgan fingerprint density at radius 3 is 2.84 bits per heavy atom. The van der Waals surface area contributed by atoms with Crippen molar-refractivity contribution in [1.29, 1.82) is 0 Å². The number of para-hydroxylation sites is 1. The molecule has 2 heterocycles. The molecule has 1 amide bonds. The van der Waals surface area contributed by atoms with Gasteiger partial charge in [0.1, 0.15) is 11.4 Å². The average Bonchev–Trinajstić information content (AvgIpc) is 2.61. The van der Waals surface area contributed by atoms with Crippen LogP contribution in [0.25, 0.3) is 0 Å². The van der Waals surface area contributed by atoms with E-state index >= 15 is 0 Å². The normalized spacial score (nSPS) is 24.6. The summed E-state index contributed by atoms with van der Waals surface area (Å²) in [5, 5.41) is 3.77. The maximum Gasteiger partial charge on any atom is 0.222 e. The van der Waals surface area contributed by atoms with E-state index in [0.29, 0.717) is 11.9 Å². The summed E-state index contributed by atoms with van der Waals surface area (Å²) in [7, 11) is 0. The van der Waals surface area contributed by atoms with Crippen molar-refractivity contribution >= 4 is 5.91 Å². The van der Waals surface area contributed by atoms with E-state index in [1.807, 2.05) is 0 Å². The quantitative estimate of drug-likeness (QED) is 0.799. The van der Waals surface area contributed by atoms with Gasteiger partial charge in [-0.05, 0) is 57.6 Å². The highest BCUT2D eigenvalue weighted by atomic mass is 16.5. The van der Waals surface area contributed by atoms with Crippen molar-refractivity contribution in [2.45, 2.75) is 69.4 Å². The van der Waals surface area contributed by atoms with Gasteiger partial charge in [-0.25, -0.2) is 0 Å². The number of carbonyl (C=O) groups excluding carboxylic acids is 1. The van der Waals surface area contributed by atoms with E-state index in [9.17, 15) is 4.79 Å². The summed E-state index contributed by atoms with van der Waals surface area (Å²) in [6.45, 7) is 2.90. The van der Waals surface area contributed by atoms with Gasteiger partial charge in [-0.1, -0.05) is 18.2 Å². The molecule has 1 saturated carbocycles. The Kier molecular flexibility index (Phi) is 4.98. The number of amides is 1. The third-order valence-electron chi connectivity index (χ3n) is 6.13. The monoisotopic (exact) mass is 342 g/mol. The first kappa shape index (κ1) is 16.9. The number of likely N-dealkylation sites (tertiary alicyclic amines) is 1. The third kappa shape index (κ3) is 3.69. The second kappa shape index (κ2) is 7.36. The lowest BCUT2D eigenvalue weighted by molar-refractivity contribution is -0.133. The molecular formula is C21H30N2O2. The number of nitrogens with zero attached hydrogens (tertiary/aromatic N) is 1. The number of nitrogens with one attached hydrogen (secondary N) is 1. The van der Waals surface area contributed by atoms with Crippen LogP contribution in [0.2, 0.25) is 0 Å². The number of benzene rings is 1. The second-order valence-corrected chi connectivity index (χ2v) is 7.93. The van der Waals surface area contributed by atoms with Crippen molar-refractivity contribution in [2.75, 3.05) is 19.6 Å². The number of fused-ring (bicyclic) bond motifs is 1. The Labute approximate surface area is 150 Å². The first-order chi connectivity index (χ1) is 12.3. The summed E-state index contributed by atoms with van der Waals surface area (Å²) >= 11 is 0. The topological polar surface area (TPSA) is 41.6 Å². The lowest BCUT2D eigenvalue weighted by Gasteiger charge is -2.48. The van der Waals surface area contributed by atoms with Gasteiger partial charge < -0.3 is 15.0 Å². The van der Waals surface area contributed by atoms with Crippen LogP contribution in [-0.4, -0.2) is 36.0 Å². The van der Waals surface area contributed by atoms with Crippen LogP contribution in [0.4, 0.5) is 0 Å². The van der Waals surface area contributed by atoms with Gasteiger partial charge in [0.05, 0.1) is 0 Å². The SMILES string of the molecule is O=C1CCCCN1CCCCN[C@@H]1CC2(CCC2)Oc2ccccc21. The Morgan fingerprint density at radius 1 is 1.16 bits per heavy atom. The number of hydrogen-bond donors (Lipinski definition) is 1. The molecule has 1 aromatic carbocycles. The van der Waals surface area contributed by atoms with Gasteiger partial charge in [-0.3, -0.25) is 4.79 Å². The van der Waals surface area contributed by atoms with Crippen LogP contribution in [-0.2, 0) is 4.79 Å². The van der Waals surface area contributed by atoms with Crippen LogP contribution >= 0.6 is 0 Å². The van der Waals surface area contributed by atoms with Crippen molar-refractivity contribution < 1.29 is 9.53 Å². The van der Waals surface area contributed by atoms with Gasteiger partial charge in [0.2, 0.25) is 5.91 Å². The summed E-state index contributed by atoms with van der Waals surface area (Å²) in [4.78, 5) is 13.9. The first-order valence-electron chi connectivity index (χ1n) is 10.0. The smallest absolute Gasteiger partial charge is 0.222 e. The van der Waals surface area contributed by atoms with Crippen molar-refractivity contribution in [1.82, 2.24) is 10.2 Å². The summed E-state index contributed by atoms with van der Waals surface area (Å²) in [5.41, 5.74) is 1.40. The van der Waals surface area contributed by atoms with Gasteiger partial charge in [-0.15, -0.1) is 0 Å². The molecule has 0 radical (unpaired) electrons. The van der Waals surface area contributed by atoms with E-state index in [4.69, 9.17) is 4.74 Å². The highest BCUT2D eigenvalue weighted by molar-refractivity contribution is 5.76. The predicted molar refractivity (Wildman–Crippen MR) is 98.7 cm³/mol. The molecule has 0 aromatic heterocycles. The zero-order chi connectivity index (χ0) is 17.1. The Balaban J connectivity index is 1.27. The summed E-state index contributed by atoms with van der Waals surface area (Å²) in [5.74, 6) is 1.43. The molecule has 1 atom stereocenters. The number of carbonyl (C=O) groups is 1. The van der Waals surface area contributed by atoms with Gasteiger partial charge in [0.25, 0.3) is 0 Å². The third-order valence-corrected chi connectivity index (χ3v) is 6.13. The minimum absolute atomic E-state index is 0.0895.